The maximum absolute atomic E-state index is 11.3. The molecule has 17 heavy (non-hydrogen) atoms. The SMILES string of the molecule is CCCCCCCCN(CC)CC(=O)OCC. The Bertz CT molecular complexity index is 183. The molecule has 0 aliphatic rings. The highest BCUT2D eigenvalue weighted by molar-refractivity contribution is 5.71. The van der Waals surface area contributed by atoms with Gasteiger partial charge in [-0.15, -0.1) is 0 Å². The Kier molecular flexibility index (Phi) is 11.5. The lowest BCUT2D eigenvalue weighted by Crippen LogP contribution is -2.31. The average molecular weight is 243 g/mol. The van der Waals surface area contributed by atoms with Crippen molar-refractivity contribution in [2.24, 2.45) is 0 Å². The largest absolute Gasteiger partial charge is 0.465 e. The molecular weight excluding hydrogens is 214 g/mol. The van der Waals surface area contributed by atoms with Gasteiger partial charge in [0.05, 0.1) is 13.2 Å². The molecule has 0 aromatic rings. The topological polar surface area (TPSA) is 29.5 Å². The van der Waals surface area contributed by atoms with E-state index in [2.05, 4.69) is 18.7 Å². The van der Waals surface area contributed by atoms with Gasteiger partial charge < -0.3 is 4.74 Å². The van der Waals surface area contributed by atoms with Crippen LogP contribution < -0.4 is 0 Å². The molecule has 0 aromatic carbocycles. The number of nitrogens with zero attached hydrogens (tertiary/aromatic N) is 1. The van der Waals surface area contributed by atoms with Gasteiger partial charge >= 0.3 is 5.97 Å². The monoisotopic (exact) mass is 243 g/mol. The van der Waals surface area contributed by atoms with Crippen LogP contribution in [0.3, 0.4) is 0 Å². The first kappa shape index (κ1) is 16.4. The van der Waals surface area contributed by atoms with Gasteiger partial charge in [-0.3, -0.25) is 9.69 Å². The van der Waals surface area contributed by atoms with E-state index in [1.165, 1.54) is 38.5 Å². The fourth-order valence-electron chi connectivity index (χ4n) is 1.85. The lowest BCUT2D eigenvalue weighted by atomic mass is 10.1. The van der Waals surface area contributed by atoms with E-state index in [0.29, 0.717) is 13.2 Å². The molecule has 0 saturated heterocycles. The predicted octanol–water partition coefficient (Wildman–Crippen LogP) is 3.23. The number of esters is 1. The molecule has 0 fully saturated rings. The van der Waals surface area contributed by atoms with E-state index in [-0.39, 0.29) is 5.97 Å². The van der Waals surface area contributed by atoms with Crippen molar-refractivity contribution < 1.29 is 9.53 Å². The molecule has 0 aromatic heterocycles. The Hall–Kier alpha value is -0.570. The third kappa shape index (κ3) is 10.3. The van der Waals surface area contributed by atoms with Crippen LogP contribution in [0, 0.1) is 0 Å². The quantitative estimate of drug-likeness (QED) is 0.412. The van der Waals surface area contributed by atoms with Crippen molar-refractivity contribution in [2.45, 2.75) is 59.3 Å². The highest BCUT2D eigenvalue weighted by Crippen LogP contribution is 2.05. The fourth-order valence-corrected chi connectivity index (χ4v) is 1.85. The van der Waals surface area contributed by atoms with Crippen LogP contribution in [0.25, 0.3) is 0 Å². The minimum absolute atomic E-state index is 0.0969. The molecule has 0 rings (SSSR count). The number of carbonyl (C=O) groups excluding carboxylic acids is 1. The molecule has 0 aliphatic carbocycles. The third-order valence-electron chi connectivity index (χ3n) is 2.93. The molecule has 0 radical (unpaired) electrons. The van der Waals surface area contributed by atoms with Crippen molar-refractivity contribution in [2.75, 3.05) is 26.2 Å². The van der Waals surface area contributed by atoms with E-state index in [0.717, 1.165) is 13.1 Å². The second kappa shape index (κ2) is 11.9. The molecule has 0 atom stereocenters. The molecule has 0 N–H and O–H groups in total. The summed E-state index contributed by atoms with van der Waals surface area (Å²) in [5.41, 5.74) is 0. The van der Waals surface area contributed by atoms with Gasteiger partial charge in [0.2, 0.25) is 0 Å². The molecule has 3 nitrogen and oxygen atoms in total. The Labute approximate surface area is 107 Å². The Morgan fingerprint density at radius 1 is 1.00 bits per heavy atom. The van der Waals surface area contributed by atoms with E-state index in [1.807, 2.05) is 6.92 Å². The molecular formula is C14H29NO2. The normalized spacial score (nSPS) is 10.8. The lowest BCUT2D eigenvalue weighted by molar-refractivity contribution is -0.144. The van der Waals surface area contributed by atoms with Crippen molar-refractivity contribution >= 4 is 5.97 Å². The highest BCUT2D eigenvalue weighted by Gasteiger charge is 2.08. The molecule has 0 amide bonds. The number of rotatable bonds is 11. The molecule has 0 aliphatic heterocycles. The van der Waals surface area contributed by atoms with Crippen molar-refractivity contribution in [3.63, 3.8) is 0 Å². The third-order valence-corrected chi connectivity index (χ3v) is 2.93. The summed E-state index contributed by atoms with van der Waals surface area (Å²) in [5, 5.41) is 0. The van der Waals surface area contributed by atoms with Gasteiger partial charge in [-0.1, -0.05) is 46.0 Å². The number of ether oxygens (including phenoxy) is 1. The molecule has 102 valence electrons. The number of unbranched alkanes of at least 4 members (excludes halogenated alkanes) is 5. The van der Waals surface area contributed by atoms with Gasteiger partial charge in [-0.25, -0.2) is 0 Å². The molecule has 0 spiro atoms. The van der Waals surface area contributed by atoms with E-state index in [9.17, 15) is 4.79 Å². The summed E-state index contributed by atoms with van der Waals surface area (Å²) in [6, 6.07) is 0. The van der Waals surface area contributed by atoms with Crippen LogP contribution in [0.15, 0.2) is 0 Å². The van der Waals surface area contributed by atoms with Crippen LogP contribution in [0.4, 0.5) is 0 Å². The van der Waals surface area contributed by atoms with Crippen LogP contribution in [-0.4, -0.2) is 37.1 Å². The smallest absolute Gasteiger partial charge is 0.320 e. The second-order valence-electron chi connectivity index (χ2n) is 4.44. The van der Waals surface area contributed by atoms with Crippen molar-refractivity contribution in [1.82, 2.24) is 4.90 Å². The Morgan fingerprint density at radius 3 is 2.24 bits per heavy atom. The Balaban J connectivity index is 3.50. The molecule has 0 heterocycles. The molecule has 0 saturated carbocycles. The maximum atomic E-state index is 11.3. The maximum Gasteiger partial charge on any atom is 0.320 e. The van der Waals surface area contributed by atoms with Crippen LogP contribution in [-0.2, 0) is 9.53 Å². The van der Waals surface area contributed by atoms with Gasteiger partial charge in [0.15, 0.2) is 0 Å². The summed E-state index contributed by atoms with van der Waals surface area (Å²) in [5.74, 6) is -0.0969. The van der Waals surface area contributed by atoms with Crippen molar-refractivity contribution in [3.8, 4) is 0 Å². The standard InChI is InChI=1S/C14H29NO2/c1-4-7-8-9-10-11-12-15(5-2)13-14(16)17-6-3/h4-13H2,1-3H3. The Morgan fingerprint density at radius 2 is 1.65 bits per heavy atom. The highest BCUT2D eigenvalue weighted by atomic mass is 16.5. The fraction of sp³-hybridized carbons (Fsp3) is 0.929. The van der Waals surface area contributed by atoms with Crippen molar-refractivity contribution in [1.29, 1.82) is 0 Å². The summed E-state index contributed by atoms with van der Waals surface area (Å²) in [6.07, 6.45) is 7.78. The van der Waals surface area contributed by atoms with Gasteiger partial charge in [-0.2, -0.15) is 0 Å². The zero-order chi connectivity index (χ0) is 12.9. The minimum Gasteiger partial charge on any atom is -0.465 e. The van der Waals surface area contributed by atoms with Gasteiger partial charge in [0, 0.05) is 0 Å². The van der Waals surface area contributed by atoms with E-state index in [1.54, 1.807) is 0 Å². The number of carbonyl (C=O) groups is 1. The number of hydrogen-bond donors (Lipinski definition) is 0. The summed E-state index contributed by atoms with van der Waals surface area (Å²) in [4.78, 5) is 13.5. The number of hydrogen-bond acceptors (Lipinski definition) is 3. The van der Waals surface area contributed by atoms with Gasteiger partial charge in [-0.05, 0) is 26.4 Å². The lowest BCUT2D eigenvalue weighted by Gasteiger charge is -2.18. The van der Waals surface area contributed by atoms with E-state index < -0.39 is 0 Å². The van der Waals surface area contributed by atoms with Crippen LogP contribution in [0.5, 0.6) is 0 Å². The first-order chi connectivity index (χ1) is 8.24. The van der Waals surface area contributed by atoms with Crippen LogP contribution in [0.2, 0.25) is 0 Å². The first-order valence-corrected chi connectivity index (χ1v) is 7.12. The summed E-state index contributed by atoms with van der Waals surface area (Å²) >= 11 is 0. The zero-order valence-electron chi connectivity index (χ0n) is 11.8. The predicted molar refractivity (Wildman–Crippen MR) is 72.1 cm³/mol. The van der Waals surface area contributed by atoms with Crippen molar-refractivity contribution in [3.05, 3.63) is 0 Å². The summed E-state index contributed by atoms with van der Waals surface area (Å²) in [7, 11) is 0. The second-order valence-corrected chi connectivity index (χ2v) is 4.44. The zero-order valence-corrected chi connectivity index (χ0v) is 11.8. The summed E-state index contributed by atoms with van der Waals surface area (Å²) < 4.78 is 4.95. The van der Waals surface area contributed by atoms with Gasteiger partial charge in [0.1, 0.15) is 0 Å². The number of likely N-dealkylation sites (N-methyl/N-ethyl adjacent to an activating group) is 1. The first-order valence-electron chi connectivity index (χ1n) is 7.12. The minimum atomic E-state index is -0.0969. The van der Waals surface area contributed by atoms with Crippen LogP contribution >= 0.6 is 0 Å². The average Bonchev–Trinajstić information content (AvgIpc) is 2.32. The summed E-state index contributed by atoms with van der Waals surface area (Å²) in [6.45, 7) is 9.04. The molecule has 3 heteroatoms. The van der Waals surface area contributed by atoms with E-state index in [4.69, 9.17) is 4.74 Å². The van der Waals surface area contributed by atoms with Gasteiger partial charge in [0.25, 0.3) is 0 Å². The van der Waals surface area contributed by atoms with E-state index >= 15 is 0 Å². The molecule has 0 unspecified atom stereocenters. The van der Waals surface area contributed by atoms with Crippen LogP contribution in [0.1, 0.15) is 59.3 Å². The molecule has 0 bridgehead atoms.